The predicted octanol–water partition coefficient (Wildman–Crippen LogP) is 3.58. The van der Waals surface area contributed by atoms with Gasteiger partial charge < -0.3 is 4.98 Å². The summed E-state index contributed by atoms with van der Waals surface area (Å²) in [5.41, 5.74) is 2.55. The highest BCUT2D eigenvalue weighted by molar-refractivity contribution is 7.16. The minimum atomic E-state index is -0.277. The van der Waals surface area contributed by atoms with Crippen molar-refractivity contribution < 1.29 is 4.39 Å². The van der Waals surface area contributed by atoms with Crippen molar-refractivity contribution in [3.05, 3.63) is 70.3 Å². The van der Waals surface area contributed by atoms with Crippen LogP contribution >= 0.6 is 11.3 Å². The molecule has 1 N–H and O–H groups in total. The molecule has 4 nitrogen and oxygen atoms in total. The fourth-order valence-corrected chi connectivity index (χ4v) is 3.18. The molecule has 0 radical (unpaired) electrons. The van der Waals surface area contributed by atoms with Gasteiger partial charge in [0.25, 0.3) is 0 Å². The summed E-state index contributed by atoms with van der Waals surface area (Å²) in [6.45, 7) is 0. The summed E-state index contributed by atoms with van der Waals surface area (Å²) < 4.78 is 15.9. The number of fused-ring (bicyclic) bond motifs is 1. The van der Waals surface area contributed by atoms with Crippen LogP contribution in [-0.4, -0.2) is 14.5 Å². The number of aromatic amines is 1. The van der Waals surface area contributed by atoms with E-state index in [1.54, 1.807) is 18.3 Å². The molecule has 0 spiro atoms. The number of nitrogens with zero attached hydrogens (tertiary/aromatic N) is 2. The smallest absolute Gasteiger partial charge is 0.305 e. The summed E-state index contributed by atoms with van der Waals surface area (Å²) in [6, 6.07) is 11.9. The highest BCUT2D eigenvalue weighted by Crippen LogP contribution is 2.24. The normalized spacial score (nSPS) is 11.1. The molecule has 2 aromatic carbocycles. The Bertz CT molecular complexity index is 1010. The van der Waals surface area contributed by atoms with E-state index in [-0.39, 0.29) is 10.7 Å². The SMILES string of the molecule is O=c1[nH]c2ccc(-n3ccnc3-c3ccc(F)cc3)cc2s1. The second-order valence-corrected chi connectivity index (χ2v) is 5.84. The Hall–Kier alpha value is -2.73. The summed E-state index contributed by atoms with van der Waals surface area (Å²) >= 11 is 1.17. The summed E-state index contributed by atoms with van der Waals surface area (Å²) in [5.74, 6) is 0.447. The lowest BCUT2D eigenvalue weighted by molar-refractivity contribution is 0.628. The van der Waals surface area contributed by atoms with Crippen LogP contribution in [0.5, 0.6) is 0 Å². The predicted molar refractivity (Wildman–Crippen MR) is 85.0 cm³/mol. The number of hydrogen-bond acceptors (Lipinski definition) is 3. The molecule has 0 aliphatic rings. The average molecular weight is 311 g/mol. The first-order chi connectivity index (χ1) is 10.7. The van der Waals surface area contributed by atoms with Crippen molar-refractivity contribution in [2.75, 3.05) is 0 Å². The maximum Gasteiger partial charge on any atom is 0.305 e. The lowest BCUT2D eigenvalue weighted by atomic mass is 10.2. The van der Waals surface area contributed by atoms with Crippen molar-refractivity contribution in [3.63, 3.8) is 0 Å². The van der Waals surface area contributed by atoms with Crippen molar-refractivity contribution in [1.29, 1.82) is 0 Å². The molecule has 0 aliphatic heterocycles. The molecular weight excluding hydrogens is 301 g/mol. The molecule has 0 atom stereocenters. The molecule has 2 heterocycles. The Morgan fingerprint density at radius 3 is 2.77 bits per heavy atom. The molecule has 0 bridgehead atoms. The summed E-state index contributed by atoms with van der Waals surface area (Å²) in [5, 5.41) is 0. The molecule has 0 saturated heterocycles. The van der Waals surface area contributed by atoms with E-state index in [0.717, 1.165) is 27.3 Å². The number of H-pyrrole nitrogens is 1. The average Bonchev–Trinajstić information content (AvgIpc) is 3.12. The molecule has 4 aromatic rings. The Morgan fingerprint density at radius 1 is 1.14 bits per heavy atom. The van der Waals surface area contributed by atoms with E-state index < -0.39 is 0 Å². The van der Waals surface area contributed by atoms with Gasteiger partial charge in [0.05, 0.1) is 10.2 Å². The second-order valence-electron chi connectivity index (χ2n) is 4.82. The summed E-state index contributed by atoms with van der Waals surface area (Å²) in [6.07, 6.45) is 3.54. The third-order valence-corrected chi connectivity index (χ3v) is 4.27. The van der Waals surface area contributed by atoms with E-state index in [1.807, 2.05) is 29.0 Å². The fraction of sp³-hybridized carbons (Fsp3) is 0. The Balaban J connectivity index is 1.86. The zero-order valence-corrected chi connectivity index (χ0v) is 12.1. The molecule has 6 heteroatoms. The second kappa shape index (κ2) is 4.92. The molecule has 0 saturated carbocycles. The van der Waals surface area contributed by atoms with Crippen molar-refractivity contribution in [2.45, 2.75) is 0 Å². The van der Waals surface area contributed by atoms with E-state index in [2.05, 4.69) is 9.97 Å². The molecule has 108 valence electrons. The highest BCUT2D eigenvalue weighted by Gasteiger charge is 2.09. The van der Waals surface area contributed by atoms with Gasteiger partial charge >= 0.3 is 4.87 Å². The quantitative estimate of drug-likeness (QED) is 0.615. The summed E-state index contributed by atoms with van der Waals surface area (Å²) in [4.78, 5) is 18.5. The van der Waals surface area contributed by atoms with Gasteiger partial charge in [-0.2, -0.15) is 0 Å². The molecule has 2 aromatic heterocycles. The number of nitrogens with one attached hydrogen (secondary N) is 1. The van der Waals surface area contributed by atoms with Gasteiger partial charge in [0.1, 0.15) is 11.6 Å². The molecular formula is C16H10FN3OS. The zero-order chi connectivity index (χ0) is 15.1. The van der Waals surface area contributed by atoms with Crippen LogP contribution in [0.2, 0.25) is 0 Å². The van der Waals surface area contributed by atoms with Crippen LogP contribution in [0.15, 0.2) is 59.7 Å². The van der Waals surface area contributed by atoms with E-state index in [4.69, 9.17) is 0 Å². The maximum absolute atomic E-state index is 13.1. The van der Waals surface area contributed by atoms with Gasteiger partial charge in [-0.3, -0.25) is 9.36 Å². The monoisotopic (exact) mass is 311 g/mol. The van der Waals surface area contributed by atoms with Gasteiger partial charge in [-0.25, -0.2) is 9.37 Å². The van der Waals surface area contributed by atoms with Crippen LogP contribution in [0.3, 0.4) is 0 Å². The van der Waals surface area contributed by atoms with Gasteiger partial charge in [0.15, 0.2) is 0 Å². The van der Waals surface area contributed by atoms with E-state index in [1.165, 1.54) is 23.5 Å². The molecule has 0 amide bonds. The fourth-order valence-electron chi connectivity index (χ4n) is 2.41. The number of imidazole rings is 1. The first-order valence-corrected chi connectivity index (χ1v) is 7.45. The molecule has 4 rings (SSSR count). The number of rotatable bonds is 2. The molecule has 0 fully saturated rings. The number of aromatic nitrogens is 3. The standard InChI is InChI=1S/C16H10FN3OS/c17-11-3-1-10(2-4-11)15-18-7-8-20(15)12-5-6-13-14(9-12)22-16(21)19-13/h1-9H,(H,19,21). The third-order valence-electron chi connectivity index (χ3n) is 3.43. The zero-order valence-electron chi connectivity index (χ0n) is 11.3. The van der Waals surface area contributed by atoms with E-state index >= 15 is 0 Å². The van der Waals surface area contributed by atoms with Gasteiger partial charge in [0, 0.05) is 23.6 Å². The van der Waals surface area contributed by atoms with Crippen LogP contribution in [0.4, 0.5) is 4.39 Å². The maximum atomic E-state index is 13.1. The number of hydrogen-bond donors (Lipinski definition) is 1. The minimum Gasteiger partial charge on any atom is -0.312 e. The summed E-state index contributed by atoms with van der Waals surface area (Å²) in [7, 11) is 0. The minimum absolute atomic E-state index is 0.0726. The van der Waals surface area contributed by atoms with Crippen LogP contribution < -0.4 is 4.87 Å². The van der Waals surface area contributed by atoms with E-state index in [0.29, 0.717) is 0 Å². The van der Waals surface area contributed by atoms with Crippen molar-refractivity contribution >= 4 is 21.6 Å². The van der Waals surface area contributed by atoms with Crippen molar-refractivity contribution in [3.8, 4) is 17.1 Å². The lowest BCUT2D eigenvalue weighted by Crippen LogP contribution is -1.96. The highest BCUT2D eigenvalue weighted by atomic mass is 32.1. The van der Waals surface area contributed by atoms with Gasteiger partial charge in [0.2, 0.25) is 0 Å². The first kappa shape index (κ1) is 13.0. The van der Waals surface area contributed by atoms with Crippen molar-refractivity contribution in [1.82, 2.24) is 14.5 Å². The van der Waals surface area contributed by atoms with Crippen LogP contribution in [0.1, 0.15) is 0 Å². The molecule has 0 aliphatic carbocycles. The van der Waals surface area contributed by atoms with Gasteiger partial charge in [-0.05, 0) is 42.5 Å². The van der Waals surface area contributed by atoms with Gasteiger partial charge in [-0.15, -0.1) is 0 Å². The Kier molecular flexibility index (Phi) is 2.90. The third kappa shape index (κ3) is 2.14. The largest absolute Gasteiger partial charge is 0.312 e. The number of halogens is 1. The topological polar surface area (TPSA) is 50.7 Å². The van der Waals surface area contributed by atoms with Gasteiger partial charge in [-0.1, -0.05) is 11.3 Å². The number of thiazole rings is 1. The molecule has 22 heavy (non-hydrogen) atoms. The van der Waals surface area contributed by atoms with Crippen LogP contribution in [-0.2, 0) is 0 Å². The van der Waals surface area contributed by atoms with Crippen LogP contribution in [0.25, 0.3) is 27.3 Å². The number of benzene rings is 2. The van der Waals surface area contributed by atoms with E-state index in [9.17, 15) is 9.18 Å². The Labute approximate surface area is 128 Å². The molecule has 0 unspecified atom stereocenters. The Morgan fingerprint density at radius 2 is 1.95 bits per heavy atom. The lowest BCUT2D eigenvalue weighted by Gasteiger charge is -2.08. The van der Waals surface area contributed by atoms with Crippen molar-refractivity contribution in [2.24, 2.45) is 0 Å². The first-order valence-electron chi connectivity index (χ1n) is 6.63. The van der Waals surface area contributed by atoms with Crippen LogP contribution in [0, 0.1) is 5.82 Å².